The van der Waals surface area contributed by atoms with E-state index in [1.54, 1.807) is 6.20 Å². The minimum Gasteiger partial charge on any atom is -0.389 e. The summed E-state index contributed by atoms with van der Waals surface area (Å²) >= 11 is 0. The van der Waals surface area contributed by atoms with Crippen LogP contribution < -0.4 is 10.2 Å². The van der Waals surface area contributed by atoms with E-state index < -0.39 is 5.60 Å². The number of nitrogens with one attached hydrogen (secondary N) is 1. The first-order chi connectivity index (χ1) is 9.48. The summed E-state index contributed by atoms with van der Waals surface area (Å²) in [7, 11) is 0. The zero-order valence-corrected chi connectivity index (χ0v) is 12.6. The van der Waals surface area contributed by atoms with Crippen molar-refractivity contribution in [2.24, 2.45) is 0 Å². The first-order valence-electron chi connectivity index (χ1n) is 7.24. The number of rotatable bonds is 5. The van der Waals surface area contributed by atoms with Gasteiger partial charge in [0.05, 0.1) is 5.60 Å². The third-order valence-electron chi connectivity index (χ3n) is 3.28. The second-order valence-corrected chi connectivity index (χ2v) is 5.84. The summed E-state index contributed by atoms with van der Waals surface area (Å²) in [5, 5.41) is 13.0. The Morgan fingerprint density at radius 1 is 1.30 bits per heavy atom. The van der Waals surface area contributed by atoms with Gasteiger partial charge in [-0.3, -0.25) is 4.90 Å². The Morgan fingerprint density at radius 3 is 2.60 bits per heavy atom. The second-order valence-electron chi connectivity index (χ2n) is 5.84. The summed E-state index contributed by atoms with van der Waals surface area (Å²) in [6, 6.07) is 1.95. The summed E-state index contributed by atoms with van der Waals surface area (Å²) in [6.07, 6.45) is 1.80. The average Bonchev–Trinajstić information content (AvgIpc) is 2.38. The number of anilines is 2. The molecular formula is C14H25N5O. The molecule has 1 aliphatic rings. The Morgan fingerprint density at radius 2 is 2.00 bits per heavy atom. The van der Waals surface area contributed by atoms with Gasteiger partial charge in [0.2, 0.25) is 5.95 Å². The molecule has 0 aromatic carbocycles. The SMILES string of the molecule is CCNc1nccc(N2CCN(CC(C)(C)O)CC2)n1. The molecular weight excluding hydrogens is 254 g/mol. The molecule has 6 nitrogen and oxygen atoms in total. The molecule has 1 aromatic heterocycles. The van der Waals surface area contributed by atoms with Gasteiger partial charge >= 0.3 is 0 Å². The standard InChI is InChI=1S/C14H25N5O/c1-4-15-13-16-6-5-12(17-13)19-9-7-18(8-10-19)11-14(2,3)20/h5-6,20H,4,7-11H2,1-3H3,(H,15,16,17). The molecule has 2 heterocycles. The lowest BCUT2D eigenvalue weighted by Crippen LogP contribution is -2.50. The highest BCUT2D eigenvalue weighted by atomic mass is 16.3. The fraction of sp³-hybridized carbons (Fsp3) is 0.714. The van der Waals surface area contributed by atoms with Crippen molar-refractivity contribution in [3.05, 3.63) is 12.3 Å². The fourth-order valence-corrected chi connectivity index (χ4v) is 2.45. The fourth-order valence-electron chi connectivity index (χ4n) is 2.45. The highest BCUT2D eigenvalue weighted by Crippen LogP contribution is 2.16. The maximum absolute atomic E-state index is 9.86. The van der Waals surface area contributed by atoms with Gasteiger partial charge in [-0.05, 0) is 26.8 Å². The average molecular weight is 279 g/mol. The quantitative estimate of drug-likeness (QED) is 0.831. The zero-order valence-electron chi connectivity index (χ0n) is 12.6. The number of hydrogen-bond acceptors (Lipinski definition) is 6. The summed E-state index contributed by atoms with van der Waals surface area (Å²) in [5.41, 5.74) is -0.630. The molecule has 0 spiro atoms. The lowest BCUT2D eigenvalue weighted by atomic mass is 10.1. The highest BCUT2D eigenvalue weighted by Gasteiger charge is 2.23. The van der Waals surface area contributed by atoms with E-state index in [4.69, 9.17) is 0 Å². The van der Waals surface area contributed by atoms with Crippen molar-refractivity contribution in [2.45, 2.75) is 26.4 Å². The van der Waals surface area contributed by atoms with Crippen LogP contribution in [-0.4, -0.2) is 64.8 Å². The van der Waals surface area contributed by atoms with Crippen molar-refractivity contribution < 1.29 is 5.11 Å². The van der Waals surface area contributed by atoms with E-state index in [1.165, 1.54) is 0 Å². The number of aromatic nitrogens is 2. The molecule has 0 bridgehead atoms. The lowest BCUT2D eigenvalue weighted by molar-refractivity contribution is 0.0344. The number of nitrogens with zero attached hydrogens (tertiary/aromatic N) is 4. The van der Waals surface area contributed by atoms with Crippen molar-refractivity contribution >= 4 is 11.8 Å². The second kappa shape index (κ2) is 6.37. The Labute approximate surface area is 120 Å². The van der Waals surface area contributed by atoms with Crippen LogP contribution in [0.2, 0.25) is 0 Å². The maximum atomic E-state index is 9.86. The van der Waals surface area contributed by atoms with Crippen LogP contribution in [0.4, 0.5) is 11.8 Å². The van der Waals surface area contributed by atoms with Gasteiger partial charge in [0.1, 0.15) is 5.82 Å². The monoisotopic (exact) mass is 279 g/mol. The number of hydrogen-bond donors (Lipinski definition) is 2. The van der Waals surface area contributed by atoms with Crippen LogP contribution in [0.3, 0.4) is 0 Å². The molecule has 2 rings (SSSR count). The van der Waals surface area contributed by atoms with E-state index >= 15 is 0 Å². The van der Waals surface area contributed by atoms with E-state index in [1.807, 2.05) is 26.8 Å². The minimum absolute atomic E-state index is 0.630. The van der Waals surface area contributed by atoms with E-state index in [0.29, 0.717) is 12.5 Å². The molecule has 0 saturated carbocycles. The highest BCUT2D eigenvalue weighted by molar-refractivity contribution is 5.42. The van der Waals surface area contributed by atoms with Crippen molar-refractivity contribution in [3.8, 4) is 0 Å². The van der Waals surface area contributed by atoms with Crippen LogP contribution in [-0.2, 0) is 0 Å². The molecule has 0 unspecified atom stereocenters. The van der Waals surface area contributed by atoms with E-state index in [0.717, 1.165) is 38.5 Å². The summed E-state index contributed by atoms with van der Waals surface area (Å²) in [5.74, 6) is 1.66. The van der Waals surface area contributed by atoms with Crippen LogP contribution in [0.5, 0.6) is 0 Å². The van der Waals surface area contributed by atoms with Crippen molar-refractivity contribution in [1.29, 1.82) is 0 Å². The van der Waals surface area contributed by atoms with E-state index in [-0.39, 0.29) is 0 Å². The van der Waals surface area contributed by atoms with E-state index in [9.17, 15) is 5.11 Å². The van der Waals surface area contributed by atoms with Gasteiger partial charge < -0.3 is 15.3 Å². The van der Waals surface area contributed by atoms with Gasteiger partial charge in [0.15, 0.2) is 0 Å². The molecule has 6 heteroatoms. The van der Waals surface area contributed by atoms with Crippen molar-refractivity contribution in [3.63, 3.8) is 0 Å². The largest absolute Gasteiger partial charge is 0.389 e. The van der Waals surface area contributed by atoms with Gasteiger partial charge in [-0.2, -0.15) is 4.98 Å². The maximum Gasteiger partial charge on any atom is 0.224 e. The Hall–Kier alpha value is -1.40. The molecule has 1 saturated heterocycles. The van der Waals surface area contributed by atoms with Crippen LogP contribution in [0, 0.1) is 0 Å². The van der Waals surface area contributed by atoms with Crippen LogP contribution in [0.15, 0.2) is 12.3 Å². The molecule has 1 aliphatic heterocycles. The molecule has 1 aromatic rings. The number of piperazine rings is 1. The van der Waals surface area contributed by atoms with Gasteiger partial charge in [0, 0.05) is 45.5 Å². The van der Waals surface area contributed by atoms with Gasteiger partial charge in [0.25, 0.3) is 0 Å². The first-order valence-corrected chi connectivity index (χ1v) is 7.24. The molecule has 0 amide bonds. The Balaban J connectivity index is 1.92. The Bertz CT molecular complexity index is 424. The van der Waals surface area contributed by atoms with Gasteiger partial charge in [-0.1, -0.05) is 0 Å². The topological polar surface area (TPSA) is 64.5 Å². The predicted molar refractivity (Wildman–Crippen MR) is 81.1 cm³/mol. The zero-order chi connectivity index (χ0) is 14.6. The molecule has 0 atom stereocenters. The number of β-amino-alcohol motifs (C(OH)–C–C–N with tert-alkyl or cyclic N) is 1. The number of aliphatic hydroxyl groups is 1. The third-order valence-corrected chi connectivity index (χ3v) is 3.28. The molecule has 0 radical (unpaired) electrons. The molecule has 20 heavy (non-hydrogen) atoms. The smallest absolute Gasteiger partial charge is 0.224 e. The van der Waals surface area contributed by atoms with Gasteiger partial charge in [-0.15, -0.1) is 0 Å². The molecule has 1 fully saturated rings. The summed E-state index contributed by atoms with van der Waals surface area (Å²) in [4.78, 5) is 13.3. The van der Waals surface area contributed by atoms with Crippen molar-refractivity contribution in [2.75, 3.05) is 49.5 Å². The van der Waals surface area contributed by atoms with Crippen LogP contribution >= 0.6 is 0 Å². The van der Waals surface area contributed by atoms with Crippen LogP contribution in [0.1, 0.15) is 20.8 Å². The normalized spacial score (nSPS) is 17.3. The first kappa shape index (κ1) is 15.0. The molecule has 112 valence electrons. The lowest BCUT2D eigenvalue weighted by Gasteiger charge is -2.37. The van der Waals surface area contributed by atoms with Crippen molar-refractivity contribution in [1.82, 2.24) is 14.9 Å². The van der Waals surface area contributed by atoms with E-state index in [2.05, 4.69) is 25.1 Å². The summed E-state index contributed by atoms with van der Waals surface area (Å²) in [6.45, 7) is 11.0. The third kappa shape index (κ3) is 4.31. The molecule has 2 N–H and O–H groups in total. The predicted octanol–water partition coefficient (Wildman–Crippen LogP) is 0.801. The Kier molecular flexibility index (Phi) is 4.77. The van der Waals surface area contributed by atoms with Crippen LogP contribution in [0.25, 0.3) is 0 Å². The van der Waals surface area contributed by atoms with Gasteiger partial charge in [-0.25, -0.2) is 4.98 Å². The minimum atomic E-state index is -0.630. The molecule has 0 aliphatic carbocycles. The summed E-state index contributed by atoms with van der Waals surface area (Å²) < 4.78 is 0.